The Morgan fingerprint density at radius 2 is 1.77 bits per heavy atom. The molecule has 1 aromatic rings. The number of hydrogen-bond donors (Lipinski definition) is 1. The van der Waals surface area contributed by atoms with Crippen LogP contribution in [-0.2, 0) is 4.79 Å². The Hall–Kier alpha value is -2.80. The average Bonchev–Trinajstić information content (AvgIpc) is 2.46. The normalized spacial score (nSPS) is 10.5. The molecule has 0 aromatic heterocycles. The summed E-state index contributed by atoms with van der Waals surface area (Å²) in [4.78, 5) is 13.8. The van der Waals surface area contributed by atoms with Gasteiger partial charge in [-0.1, -0.05) is 18.2 Å². The molecule has 114 valence electrons. The van der Waals surface area contributed by atoms with Crippen molar-refractivity contribution in [1.82, 2.24) is 4.90 Å². The van der Waals surface area contributed by atoms with Crippen LogP contribution in [0, 0.1) is 25.2 Å². The van der Waals surface area contributed by atoms with Gasteiger partial charge in [0.05, 0.1) is 0 Å². The van der Waals surface area contributed by atoms with E-state index >= 15 is 0 Å². The number of nitriles is 1. The molecule has 0 heterocycles. The van der Waals surface area contributed by atoms with Crippen LogP contribution >= 0.6 is 0 Å². The highest BCUT2D eigenvalue weighted by atomic mass is 16.2. The molecule has 0 fully saturated rings. The lowest BCUT2D eigenvalue weighted by Crippen LogP contribution is -2.32. The second-order valence-electron chi connectivity index (χ2n) is 4.98. The monoisotopic (exact) mass is 295 g/mol. The van der Waals surface area contributed by atoms with Gasteiger partial charge in [-0.15, -0.1) is 13.2 Å². The second kappa shape index (κ2) is 8.48. The smallest absolute Gasteiger partial charge is 0.266 e. The Morgan fingerprint density at radius 1 is 1.23 bits per heavy atom. The van der Waals surface area contributed by atoms with Gasteiger partial charge in [0.1, 0.15) is 11.6 Å². The zero-order chi connectivity index (χ0) is 16.5. The van der Waals surface area contributed by atoms with Crippen molar-refractivity contribution in [2.45, 2.75) is 13.8 Å². The van der Waals surface area contributed by atoms with Crippen molar-refractivity contribution < 1.29 is 4.79 Å². The summed E-state index contributed by atoms with van der Waals surface area (Å²) < 4.78 is 0. The molecule has 1 amide bonds. The number of amides is 1. The van der Waals surface area contributed by atoms with Crippen LogP contribution in [0.3, 0.4) is 0 Å². The number of carbonyl (C=O) groups excluding carboxylic acids is 1. The number of carbonyl (C=O) groups is 1. The van der Waals surface area contributed by atoms with Crippen molar-refractivity contribution in [2.24, 2.45) is 0 Å². The minimum absolute atomic E-state index is 0.0443. The van der Waals surface area contributed by atoms with Gasteiger partial charge in [0, 0.05) is 25.0 Å². The van der Waals surface area contributed by atoms with Crippen molar-refractivity contribution in [3.8, 4) is 6.07 Å². The predicted octanol–water partition coefficient (Wildman–Crippen LogP) is 3.32. The van der Waals surface area contributed by atoms with Gasteiger partial charge in [-0.05, 0) is 37.1 Å². The van der Waals surface area contributed by atoms with E-state index in [4.69, 9.17) is 0 Å². The predicted molar refractivity (Wildman–Crippen MR) is 90.2 cm³/mol. The highest BCUT2D eigenvalue weighted by molar-refractivity contribution is 5.97. The van der Waals surface area contributed by atoms with Crippen LogP contribution in [0.25, 0.3) is 0 Å². The maximum Gasteiger partial charge on any atom is 0.266 e. The Kier molecular flexibility index (Phi) is 6.65. The molecule has 1 aromatic carbocycles. The number of nitrogens with one attached hydrogen (secondary N) is 1. The summed E-state index contributed by atoms with van der Waals surface area (Å²) in [6, 6.07) is 7.90. The molecule has 4 heteroatoms. The summed E-state index contributed by atoms with van der Waals surface area (Å²) in [5.41, 5.74) is 3.11. The molecule has 0 aliphatic heterocycles. The van der Waals surface area contributed by atoms with E-state index in [1.54, 1.807) is 12.2 Å². The molecular formula is C18H21N3O. The van der Waals surface area contributed by atoms with Gasteiger partial charge in [-0.2, -0.15) is 5.26 Å². The molecule has 0 aliphatic rings. The van der Waals surface area contributed by atoms with Crippen molar-refractivity contribution in [1.29, 1.82) is 5.26 Å². The van der Waals surface area contributed by atoms with E-state index in [-0.39, 0.29) is 11.5 Å². The molecule has 0 aliphatic carbocycles. The van der Waals surface area contributed by atoms with Crippen LogP contribution in [0.2, 0.25) is 0 Å². The summed E-state index contributed by atoms with van der Waals surface area (Å²) in [5, 5.41) is 12.2. The zero-order valence-corrected chi connectivity index (χ0v) is 13.1. The van der Waals surface area contributed by atoms with Gasteiger partial charge in [0.2, 0.25) is 0 Å². The third-order valence-electron chi connectivity index (χ3n) is 2.94. The second-order valence-corrected chi connectivity index (χ2v) is 4.98. The fourth-order valence-electron chi connectivity index (χ4n) is 2.08. The van der Waals surface area contributed by atoms with Crippen molar-refractivity contribution in [3.63, 3.8) is 0 Å². The molecular weight excluding hydrogens is 274 g/mol. The lowest BCUT2D eigenvalue weighted by atomic mass is 10.1. The van der Waals surface area contributed by atoms with Crippen molar-refractivity contribution in [2.75, 3.05) is 18.4 Å². The van der Waals surface area contributed by atoms with E-state index < -0.39 is 0 Å². The first-order valence-electron chi connectivity index (χ1n) is 6.98. The number of rotatable bonds is 7. The Morgan fingerprint density at radius 3 is 2.23 bits per heavy atom. The Bertz CT molecular complexity index is 608. The first kappa shape index (κ1) is 17.3. The van der Waals surface area contributed by atoms with Crippen LogP contribution < -0.4 is 5.32 Å². The third kappa shape index (κ3) is 4.95. The van der Waals surface area contributed by atoms with E-state index in [1.165, 1.54) is 11.1 Å². The van der Waals surface area contributed by atoms with Gasteiger partial charge >= 0.3 is 0 Å². The number of nitrogens with zero attached hydrogens (tertiary/aromatic N) is 2. The quantitative estimate of drug-likeness (QED) is 0.477. The summed E-state index contributed by atoms with van der Waals surface area (Å²) in [6.45, 7) is 12.0. The molecule has 0 spiro atoms. The SMILES string of the molecule is C=CCN(CC=C)C(=O)/C(C#N)=C\Nc1cc(C)cc(C)c1. The fourth-order valence-corrected chi connectivity index (χ4v) is 2.08. The van der Waals surface area contributed by atoms with Crippen LogP contribution in [0.1, 0.15) is 11.1 Å². The maximum absolute atomic E-state index is 12.3. The van der Waals surface area contributed by atoms with E-state index in [2.05, 4.69) is 24.5 Å². The van der Waals surface area contributed by atoms with E-state index in [0.717, 1.165) is 16.8 Å². The largest absolute Gasteiger partial charge is 0.360 e. The summed E-state index contributed by atoms with van der Waals surface area (Å²) in [5.74, 6) is -0.348. The maximum atomic E-state index is 12.3. The Balaban J connectivity index is 2.94. The first-order valence-corrected chi connectivity index (χ1v) is 6.98. The molecule has 0 radical (unpaired) electrons. The molecule has 0 saturated heterocycles. The van der Waals surface area contributed by atoms with Crippen molar-refractivity contribution >= 4 is 11.6 Å². The highest BCUT2D eigenvalue weighted by Crippen LogP contribution is 2.14. The lowest BCUT2D eigenvalue weighted by Gasteiger charge is -2.18. The standard InChI is InChI=1S/C18H21N3O/c1-5-7-21(8-6-2)18(22)16(12-19)13-20-17-10-14(3)9-15(4)11-17/h5-6,9-11,13,20H,1-2,7-8H2,3-4H3/b16-13-. The molecule has 1 N–H and O–H groups in total. The van der Waals surface area contributed by atoms with Gasteiger partial charge in [0.25, 0.3) is 5.91 Å². The minimum Gasteiger partial charge on any atom is -0.360 e. The van der Waals surface area contributed by atoms with E-state index in [1.807, 2.05) is 32.0 Å². The van der Waals surface area contributed by atoms with E-state index in [0.29, 0.717) is 13.1 Å². The average molecular weight is 295 g/mol. The fraction of sp³-hybridized carbons (Fsp3) is 0.222. The van der Waals surface area contributed by atoms with Gasteiger partial charge in [-0.3, -0.25) is 4.79 Å². The summed E-state index contributed by atoms with van der Waals surface area (Å²) in [7, 11) is 0. The molecule has 4 nitrogen and oxygen atoms in total. The molecule has 0 unspecified atom stereocenters. The lowest BCUT2D eigenvalue weighted by molar-refractivity contribution is -0.125. The van der Waals surface area contributed by atoms with Gasteiger partial charge in [0.15, 0.2) is 0 Å². The Labute approximate surface area is 132 Å². The zero-order valence-electron chi connectivity index (χ0n) is 13.1. The molecule has 0 atom stereocenters. The topological polar surface area (TPSA) is 56.1 Å². The van der Waals surface area contributed by atoms with Gasteiger partial charge in [-0.25, -0.2) is 0 Å². The minimum atomic E-state index is -0.348. The molecule has 1 rings (SSSR count). The molecule has 22 heavy (non-hydrogen) atoms. The van der Waals surface area contributed by atoms with Crippen LogP contribution in [0.15, 0.2) is 55.3 Å². The van der Waals surface area contributed by atoms with Crippen LogP contribution in [0.4, 0.5) is 5.69 Å². The van der Waals surface area contributed by atoms with Crippen LogP contribution in [-0.4, -0.2) is 23.9 Å². The first-order chi connectivity index (χ1) is 10.5. The molecule has 0 saturated carbocycles. The number of hydrogen-bond acceptors (Lipinski definition) is 3. The van der Waals surface area contributed by atoms with E-state index in [9.17, 15) is 10.1 Å². The molecule has 0 bridgehead atoms. The third-order valence-corrected chi connectivity index (χ3v) is 2.94. The van der Waals surface area contributed by atoms with Crippen molar-refractivity contribution in [3.05, 3.63) is 66.4 Å². The summed E-state index contributed by atoms with van der Waals surface area (Å²) in [6.07, 6.45) is 4.68. The summed E-state index contributed by atoms with van der Waals surface area (Å²) >= 11 is 0. The number of anilines is 1. The van der Waals surface area contributed by atoms with Crippen LogP contribution in [0.5, 0.6) is 0 Å². The number of aryl methyl sites for hydroxylation is 2. The highest BCUT2D eigenvalue weighted by Gasteiger charge is 2.15. The number of benzene rings is 1. The van der Waals surface area contributed by atoms with Gasteiger partial charge < -0.3 is 10.2 Å².